The molecule has 0 radical (unpaired) electrons. The van der Waals surface area contributed by atoms with Crippen molar-refractivity contribution in [2.24, 2.45) is 0 Å². The lowest BCUT2D eigenvalue weighted by atomic mass is 10.4. The zero-order valence-electron chi connectivity index (χ0n) is 7.69. The van der Waals surface area contributed by atoms with Crippen molar-refractivity contribution in [2.45, 2.75) is 24.9 Å². The molecule has 0 aromatic heterocycles. The molecule has 0 aliphatic carbocycles. The van der Waals surface area contributed by atoms with E-state index in [0.717, 1.165) is 25.9 Å². The van der Waals surface area contributed by atoms with Crippen LogP contribution < -0.4 is 5.32 Å². The maximum absolute atomic E-state index is 8.63. The molecule has 0 aliphatic rings. The van der Waals surface area contributed by atoms with E-state index in [9.17, 15) is 0 Å². The third-order valence-corrected chi connectivity index (χ3v) is 3.48. The van der Waals surface area contributed by atoms with Gasteiger partial charge < -0.3 is 24.5 Å². The summed E-state index contributed by atoms with van der Waals surface area (Å²) in [6.07, 6.45) is 1.56. The monoisotopic (exact) mass is 225 g/mol. The van der Waals surface area contributed by atoms with Gasteiger partial charge in [0.05, 0.1) is 0 Å². The fraction of sp³-hybridized carbons (Fsp3) is 1.00. The molecule has 0 aliphatic heterocycles. The molecule has 0 spiro atoms. The van der Waals surface area contributed by atoms with Crippen molar-refractivity contribution in [3.8, 4) is 0 Å². The Hall–Kier alpha value is 0.234. The minimum absolute atomic E-state index is 0.518. The van der Waals surface area contributed by atoms with Crippen LogP contribution in [0, 0.1) is 0 Å². The summed E-state index contributed by atoms with van der Waals surface area (Å²) in [5.74, 6) is 0. The lowest BCUT2D eigenvalue weighted by Gasteiger charge is -2.04. The van der Waals surface area contributed by atoms with Gasteiger partial charge in [0.1, 0.15) is 0 Å². The van der Waals surface area contributed by atoms with Crippen molar-refractivity contribution in [3.05, 3.63) is 0 Å². The van der Waals surface area contributed by atoms with Crippen LogP contribution in [0.2, 0.25) is 12.1 Å². The van der Waals surface area contributed by atoms with Gasteiger partial charge >= 0.3 is 18.6 Å². The molecule has 0 saturated heterocycles. The molecule has 0 unspecified atom stereocenters. The van der Waals surface area contributed by atoms with Crippen LogP contribution in [-0.2, 0) is 0 Å². The van der Waals surface area contributed by atoms with E-state index in [1.807, 2.05) is 0 Å². The van der Waals surface area contributed by atoms with E-state index in [1.165, 1.54) is 0 Å². The van der Waals surface area contributed by atoms with Crippen LogP contribution in [0.4, 0.5) is 0 Å². The summed E-state index contributed by atoms with van der Waals surface area (Å²) < 4.78 is 0. The molecule has 7 heteroatoms. The summed E-state index contributed by atoms with van der Waals surface area (Å²) in [7, 11) is -4.72. The number of rotatable bonds is 8. The van der Waals surface area contributed by atoms with Crippen molar-refractivity contribution in [2.75, 3.05) is 13.1 Å². The van der Waals surface area contributed by atoms with E-state index in [-0.39, 0.29) is 0 Å². The van der Waals surface area contributed by atoms with Gasteiger partial charge in [-0.1, -0.05) is 0 Å². The van der Waals surface area contributed by atoms with Gasteiger partial charge in [-0.25, -0.2) is 0 Å². The molecule has 80 valence electrons. The Morgan fingerprint density at radius 2 is 1.15 bits per heavy atom. The summed E-state index contributed by atoms with van der Waals surface area (Å²) in [6.45, 7) is 1.54. The zero-order valence-corrected chi connectivity index (χ0v) is 10.00. The summed E-state index contributed by atoms with van der Waals surface area (Å²) in [4.78, 5) is 34.5. The normalized spacial score (nSPS) is 11.5. The molecule has 0 heterocycles. The highest BCUT2D eigenvalue weighted by molar-refractivity contribution is 6.41. The van der Waals surface area contributed by atoms with Gasteiger partial charge in [-0.2, -0.15) is 0 Å². The molecule has 0 aromatic rings. The van der Waals surface area contributed by atoms with Gasteiger partial charge in [-0.05, 0) is 38.0 Å². The van der Waals surface area contributed by atoms with Gasteiger partial charge in [0, 0.05) is 0 Å². The fourth-order valence-electron chi connectivity index (χ4n) is 0.944. The average molecular weight is 225 g/mol. The molecule has 0 rings (SSSR count). The van der Waals surface area contributed by atoms with Crippen molar-refractivity contribution in [1.82, 2.24) is 5.32 Å². The van der Waals surface area contributed by atoms with Crippen LogP contribution in [0.25, 0.3) is 0 Å². The molecule has 5 N–H and O–H groups in total. The highest BCUT2D eigenvalue weighted by Crippen LogP contribution is 1.92. The second-order valence-electron chi connectivity index (χ2n) is 3.00. The van der Waals surface area contributed by atoms with E-state index in [2.05, 4.69) is 5.32 Å². The average Bonchev–Trinajstić information content (AvgIpc) is 2.01. The molecule has 0 fully saturated rings. The quantitative estimate of drug-likeness (QED) is 0.238. The molecule has 0 aromatic carbocycles. The van der Waals surface area contributed by atoms with Crippen LogP contribution in [0.1, 0.15) is 12.8 Å². The van der Waals surface area contributed by atoms with Gasteiger partial charge in [-0.3, -0.25) is 0 Å². The van der Waals surface area contributed by atoms with E-state index < -0.39 is 18.6 Å². The van der Waals surface area contributed by atoms with Gasteiger partial charge in [0.2, 0.25) is 0 Å². The molecule has 0 bridgehead atoms. The maximum Gasteiger partial charge on any atom is 0.316 e. The number of nitrogens with one attached hydrogen (secondary N) is 1. The van der Waals surface area contributed by atoms with Crippen LogP contribution in [0.5, 0.6) is 0 Å². The van der Waals surface area contributed by atoms with Crippen LogP contribution in [0.15, 0.2) is 0 Å². The Kier molecular flexibility index (Phi) is 8.97. The molecule has 0 atom stereocenters. The minimum atomic E-state index is -2.36. The lowest BCUT2D eigenvalue weighted by molar-refractivity contribution is 0.401. The second kappa shape index (κ2) is 8.82. The topological polar surface area (TPSA) is 93.0 Å². The Balaban J connectivity index is 2.92. The highest BCUT2D eigenvalue weighted by Gasteiger charge is 2.01. The molecule has 5 nitrogen and oxygen atoms in total. The zero-order chi connectivity index (χ0) is 10.1. The van der Waals surface area contributed by atoms with E-state index in [1.54, 1.807) is 0 Å². The molecular formula is C6H19NO4Si2. The molecule has 13 heavy (non-hydrogen) atoms. The number of hydrogen-bond acceptors (Lipinski definition) is 5. The lowest BCUT2D eigenvalue weighted by Crippen LogP contribution is -2.21. The molecular weight excluding hydrogens is 206 g/mol. The van der Waals surface area contributed by atoms with E-state index in [4.69, 9.17) is 19.2 Å². The third-order valence-electron chi connectivity index (χ3n) is 1.63. The first-order valence-corrected chi connectivity index (χ1v) is 8.25. The van der Waals surface area contributed by atoms with Crippen molar-refractivity contribution in [1.29, 1.82) is 0 Å². The minimum Gasteiger partial charge on any atom is -0.413 e. The SMILES string of the molecule is O[SiH](O)CCCNCCC[SiH](O)O. The van der Waals surface area contributed by atoms with E-state index >= 15 is 0 Å². The van der Waals surface area contributed by atoms with Crippen LogP contribution >= 0.6 is 0 Å². The molecule has 0 saturated carbocycles. The van der Waals surface area contributed by atoms with Crippen molar-refractivity contribution >= 4 is 18.6 Å². The Labute approximate surface area is 81.7 Å². The first kappa shape index (κ1) is 13.2. The highest BCUT2D eigenvalue weighted by atomic mass is 28.3. The van der Waals surface area contributed by atoms with Crippen molar-refractivity contribution < 1.29 is 19.2 Å². The van der Waals surface area contributed by atoms with Crippen LogP contribution in [0.3, 0.4) is 0 Å². The van der Waals surface area contributed by atoms with Crippen molar-refractivity contribution in [3.63, 3.8) is 0 Å². The summed E-state index contributed by atoms with van der Waals surface area (Å²) >= 11 is 0. The second-order valence-corrected chi connectivity index (χ2v) is 6.07. The van der Waals surface area contributed by atoms with Gasteiger partial charge in [-0.15, -0.1) is 0 Å². The Bertz CT molecular complexity index is 103. The van der Waals surface area contributed by atoms with Gasteiger partial charge in [0.15, 0.2) is 0 Å². The first-order chi connectivity index (χ1) is 6.13. The summed E-state index contributed by atoms with van der Waals surface area (Å²) in [5, 5.41) is 3.10. The van der Waals surface area contributed by atoms with Gasteiger partial charge in [0.25, 0.3) is 0 Å². The largest absolute Gasteiger partial charge is 0.413 e. The summed E-state index contributed by atoms with van der Waals surface area (Å²) in [6, 6.07) is 1.04. The predicted octanol–water partition coefficient (Wildman–Crippen LogP) is -2.23. The number of hydrogen-bond donors (Lipinski definition) is 5. The maximum atomic E-state index is 8.63. The van der Waals surface area contributed by atoms with Crippen LogP contribution in [-0.4, -0.2) is 50.8 Å². The van der Waals surface area contributed by atoms with E-state index in [0.29, 0.717) is 12.1 Å². The predicted molar refractivity (Wildman–Crippen MR) is 54.9 cm³/mol. The fourth-order valence-corrected chi connectivity index (χ4v) is 2.08. The molecule has 0 amide bonds. The smallest absolute Gasteiger partial charge is 0.316 e. The third kappa shape index (κ3) is 12.2. The Morgan fingerprint density at radius 3 is 1.46 bits per heavy atom. The Morgan fingerprint density at radius 1 is 0.769 bits per heavy atom. The summed E-state index contributed by atoms with van der Waals surface area (Å²) in [5.41, 5.74) is 0. The first-order valence-electron chi connectivity index (χ1n) is 4.56. The standard InChI is InChI=1S/C6H19NO4Si2/c8-12(9)5-1-3-7-4-2-6-13(10)11/h7-13H,1-6H2.